The van der Waals surface area contributed by atoms with E-state index in [2.05, 4.69) is 28.3 Å². The Bertz CT molecular complexity index is 404. The fourth-order valence-corrected chi connectivity index (χ4v) is 1.91. The molecule has 0 atom stereocenters. The molecule has 1 rings (SSSR count). The number of anilines is 1. The van der Waals surface area contributed by atoms with Crippen molar-refractivity contribution in [3.63, 3.8) is 0 Å². The molecule has 0 radical (unpaired) electrons. The summed E-state index contributed by atoms with van der Waals surface area (Å²) in [5.74, 6) is 0.724. The fourth-order valence-electron chi connectivity index (χ4n) is 1.36. The minimum atomic E-state index is 0.533. The van der Waals surface area contributed by atoms with E-state index in [9.17, 15) is 0 Å². The number of guanidine groups is 1. The highest BCUT2D eigenvalue weighted by Gasteiger charge is 2.03. The Morgan fingerprint density at radius 3 is 2.94 bits per heavy atom. The second kappa shape index (κ2) is 8.60. The van der Waals surface area contributed by atoms with Crippen LogP contribution < -0.4 is 16.4 Å². The zero-order chi connectivity index (χ0) is 13.2. The number of hydrogen-bond acceptors (Lipinski definition) is 3. The maximum atomic E-state index is 5.47. The lowest BCUT2D eigenvalue weighted by Crippen LogP contribution is -2.31. The molecule has 0 saturated carbocycles. The highest BCUT2D eigenvalue weighted by atomic mass is 32.2. The van der Waals surface area contributed by atoms with Gasteiger partial charge in [0.25, 0.3) is 0 Å². The van der Waals surface area contributed by atoms with Crippen LogP contribution in [0.5, 0.6) is 0 Å². The Hall–Kier alpha value is -1.46. The molecule has 4 N–H and O–H groups in total. The van der Waals surface area contributed by atoms with Crippen molar-refractivity contribution >= 4 is 23.4 Å². The molecule has 0 bridgehead atoms. The molecule has 0 unspecified atom stereocenters. The van der Waals surface area contributed by atoms with Gasteiger partial charge in [-0.2, -0.15) is 0 Å². The molecular formula is C13H20N4S. The summed E-state index contributed by atoms with van der Waals surface area (Å²) in [6, 6.07) is 8.11. The van der Waals surface area contributed by atoms with E-state index in [1.54, 1.807) is 17.8 Å². The summed E-state index contributed by atoms with van der Waals surface area (Å²) in [6.07, 6.45) is 3.84. The fraction of sp³-hybridized carbons (Fsp3) is 0.308. The number of rotatable bonds is 6. The summed E-state index contributed by atoms with van der Waals surface area (Å²) >= 11 is 1.69. The van der Waals surface area contributed by atoms with Crippen LogP contribution in [0.4, 0.5) is 5.69 Å². The molecule has 1 aromatic rings. The van der Waals surface area contributed by atoms with Gasteiger partial charge in [-0.1, -0.05) is 18.2 Å². The van der Waals surface area contributed by atoms with E-state index in [0.717, 1.165) is 11.6 Å². The molecule has 0 aliphatic carbocycles. The molecule has 18 heavy (non-hydrogen) atoms. The van der Waals surface area contributed by atoms with Gasteiger partial charge in [0.1, 0.15) is 0 Å². The van der Waals surface area contributed by atoms with Crippen molar-refractivity contribution in [1.29, 1.82) is 0 Å². The normalized spacial score (nSPS) is 11.1. The zero-order valence-corrected chi connectivity index (χ0v) is 11.5. The molecule has 0 heterocycles. The Balaban J connectivity index is 2.77. The van der Waals surface area contributed by atoms with Crippen molar-refractivity contribution < 1.29 is 0 Å². The maximum Gasteiger partial charge on any atom is 0.196 e. The second-order valence-electron chi connectivity index (χ2n) is 3.51. The molecule has 0 aliphatic heterocycles. The SMILES string of the molecule is C=CCNC(=NCCN)Nc1ccccc1SC. The largest absolute Gasteiger partial charge is 0.353 e. The van der Waals surface area contributed by atoms with Crippen LogP contribution in [0.15, 0.2) is 46.8 Å². The Morgan fingerprint density at radius 2 is 2.28 bits per heavy atom. The molecular weight excluding hydrogens is 244 g/mol. The van der Waals surface area contributed by atoms with Crippen molar-refractivity contribution in [1.82, 2.24) is 5.32 Å². The zero-order valence-electron chi connectivity index (χ0n) is 10.6. The quantitative estimate of drug-likeness (QED) is 0.318. The van der Waals surface area contributed by atoms with E-state index < -0.39 is 0 Å². The van der Waals surface area contributed by atoms with E-state index >= 15 is 0 Å². The Labute approximate surface area is 113 Å². The van der Waals surface area contributed by atoms with Gasteiger partial charge in [-0.15, -0.1) is 18.3 Å². The van der Waals surface area contributed by atoms with E-state index in [1.807, 2.05) is 24.5 Å². The van der Waals surface area contributed by atoms with Gasteiger partial charge in [0.2, 0.25) is 0 Å². The summed E-state index contributed by atoms with van der Waals surface area (Å²) in [6.45, 7) is 5.47. The summed E-state index contributed by atoms with van der Waals surface area (Å²) in [7, 11) is 0. The van der Waals surface area contributed by atoms with E-state index in [-0.39, 0.29) is 0 Å². The summed E-state index contributed by atoms with van der Waals surface area (Å²) in [5, 5.41) is 6.44. The van der Waals surface area contributed by atoms with Gasteiger partial charge >= 0.3 is 0 Å². The average Bonchev–Trinajstić information content (AvgIpc) is 2.42. The van der Waals surface area contributed by atoms with Gasteiger partial charge in [-0.3, -0.25) is 4.99 Å². The van der Waals surface area contributed by atoms with Crippen LogP contribution in [0.1, 0.15) is 0 Å². The van der Waals surface area contributed by atoms with Crippen molar-refractivity contribution in [3.8, 4) is 0 Å². The highest BCUT2D eigenvalue weighted by molar-refractivity contribution is 7.98. The Morgan fingerprint density at radius 1 is 1.50 bits per heavy atom. The van der Waals surface area contributed by atoms with E-state index in [0.29, 0.717) is 19.6 Å². The van der Waals surface area contributed by atoms with Crippen LogP contribution in [-0.4, -0.2) is 31.8 Å². The lowest BCUT2D eigenvalue weighted by atomic mass is 10.3. The molecule has 98 valence electrons. The first-order valence-electron chi connectivity index (χ1n) is 5.81. The van der Waals surface area contributed by atoms with Crippen LogP contribution in [-0.2, 0) is 0 Å². The summed E-state index contributed by atoms with van der Waals surface area (Å²) in [4.78, 5) is 5.54. The number of hydrogen-bond donors (Lipinski definition) is 3. The van der Waals surface area contributed by atoms with Crippen LogP contribution in [0, 0.1) is 0 Å². The number of nitrogens with one attached hydrogen (secondary N) is 2. The molecule has 1 aromatic carbocycles. The third-order valence-corrected chi connectivity index (χ3v) is 2.97. The topological polar surface area (TPSA) is 62.4 Å². The minimum Gasteiger partial charge on any atom is -0.353 e. The molecule has 5 heteroatoms. The van der Waals surface area contributed by atoms with Crippen molar-refractivity contribution in [2.75, 3.05) is 31.2 Å². The number of nitrogens with zero attached hydrogens (tertiary/aromatic N) is 1. The van der Waals surface area contributed by atoms with Crippen molar-refractivity contribution in [2.24, 2.45) is 10.7 Å². The molecule has 0 aromatic heterocycles. The molecule has 4 nitrogen and oxygen atoms in total. The first-order valence-corrected chi connectivity index (χ1v) is 7.03. The third-order valence-electron chi connectivity index (χ3n) is 2.17. The van der Waals surface area contributed by atoms with Gasteiger partial charge in [-0.05, 0) is 18.4 Å². The maximum absolute atomic E-state index is 5.47. The van der Waals surface area contributed by atoms with Gasteiger partial charge in [0.05, 0.1) is 12.2 Å². The smallest absolute Gasteiger partial charge is 0.196 e. The van der Waals surface area contributed by atoms with Gasteiger partial charge in [0.15, 0.2) is 5.96 Å². The number of nitrogens with two attached hydrogens (primary N) is 1. The van der Waals surface area contributed by atoms with Gasteiger partial charge in [0, 0.05) is 18.0 Å². The van der Waals surface area contributed by atoms with Crippen LogP contribution in [0.3, 0.4) is 0 Å². The number of benzene rings is 1. The van der Waals surface area contributed by atoms with E-state index in [1.165, 1.54) is 4.90 Å². The minimum absolute atomic E-state index is 0.533. The average molecular weight is 264 g/mol. The predicted octanol–water partition coefficient (Wildman–Crippen LogP) is 1.91. The third kappa shape index (κ3) is 4.81. The monoisotopic (exact) mass is 264 g/mol. The second-order valence-corrected chi connectivity index (χ2v) is 4.36. The van der Waals surface area contributed by atoms with Gasteiger partial charge < -0.3 is 16.4 Å². The summed E-state index contributed by atoms with van der Waals surface area (Å²) in [5.41, 5.74) is 6.51. The number of aliphatic imine (C=N–C) groups is 1. The Kier molecular flexibility index (Phi) is 6.98. The first kappa shape index (κ1) is 14.6. The van der Waals surface area contributed by atoms with Crippen molar-refractivity contribution in [2.45, 2.75) is 4.90 Å². The molecule has 0 fully saturated rings. The standard InChI is InChI=1S/C13H20N4S/c1-3-9-15-13(16-10-8-14)17-11-6-4-5-7-12(11)18-2/h3-7H,1,8-10,14H2,2H3,(H2,15,16,17). The summed E-state index contributed by atoms with van der Waals surface area (Å²) < 4.78 is 0. The lowest BCUT2D eigenvalue weighted by molar-refractivity contribution is 0.941. The van der Waals surface area contributed by atoms with Crippen LogP contribution >= 0.6 is 11.8 Å². The van der Waals surface area contributed by atoms with E-state index in [4.69, 9.17) is 5.73 Å². The number of para-hydroxylation sites is 1. The first-order chi connectivity index (χ1) is 8.81. The van der Waals surface area contributed by atoms with Crippen molar-refractivity contribution in [3.05, 3.63) is 36.9 Å². The highest BCUT2D eigenvalue weighted by Crippen LogP contribution is 2.24. The predicted molar refractivity (Wildman–Crippen MR) is 81.4 cm³/mol. The molecule has 0 spiro atoms. The lowest BCUT2D eigenvalue weighted by Gasteiger charge is -2.13. The van der Waals surface area contributed by atoms with Crippen LogP contribution in [0.25, 0.3) is 0 Å². The van der Waals surface area contributed by atoms with Crippen LogP contribution in [0.2, 0.25) is 0 Å². The molecule has 0 aliphatic rings. The van der Waals surface area contributed by atoms with Gasteiger partial charge in [-0.25, -0.2) is 0 Å². The molecule has 0 saturated heterocycles. The molecule has 0 amide bonds. The number of thioether (sulfide) groups is 1.